The van der Waals surface area contributed by atoms with Gasteiger partial charge >= 0.3 is 11.8 Å². The SMILES string of the molecule is COc1ccc(NC(=O)C(=O)NCc2ccccc2)cc1N1CCCCS1(=O)=O. The largest absolute Gasteiger partial charge is 0.495 e. The highest BCUT2D eigenvalue weighted by molar-refractivity contribution is 7.92. The van der Waals surface area contributed by atoms with Gasteiger partial charge in [-0.05, 0) is 36.6 Å². The van der Waals surface area contributed by atoms with Crippen molar-refractivity contribution >= 4 is 33.2 Å². The third-order valence-corrected chi connectivity index (χ3v) is 6.41. The number of sulfonamides is 1. The summed E-state index contributed by atoms with van der Waals surface area (Å²) in [4.78, 5) is 24.3. The molecule has 1 aliphatic rings. The molecule has 0 aliphatic carbocycles. The van der Waals surface area contributed by atoms with Crippen LogP contribution in [0.4, 0.5) is 11.4 Å². The van der Waals surface area contributed by atoms with Crippen molar-refractivity contribution in [2.75, 3.05) is 29.0 Å². The van der Waals surface area contributed by atoms with Gasteiger partial charge in [-0.2, -0.15) is 0 Å². The minimum Gasteiger partial charge on any atom is -0.495 e. The first kappa shape index (κ1) is 20.7. The van der Waals surface area contributed by atoms with Crippen molar-refractivity contribution in [3.8, 4) is 5.75 Å². The molecule has 3 rings (SSSR count). The highest BCUT2D eigenvalue weighted by atomic mass is 32.2. The van der Waals surface area contributed by atoms with Gasteiger partial charge in [-0.3, -0.25) is 13.9 Å². The van der Waals surface area contributed by atoms with Gasteiger partial charge in [0.2, 0.25) is 10.0 Å². The van der Waals surface area contributed by atoms with Crippen LogP contribution in [0.15, 0.2) is 48.5 Å². The van der Waals surface area contributed by atoms with E-state index in [0.717, 1.165) is 12.0 Å². The summed E-state index contributed by atoms with van der Waals surface area (Å²) < 4.78 is 31.4. The van der Waals surface area contributed by atoms with Crippen molar-refractivity contribution in [2.45, 2.75) is 19.4 Å². The number of amides is 2. The fourth-order valence-corrected chi connectivity index (χ4v) is 4.71. The lowest BCUT2D eigenvalue weighted by Crippen LogP contribution is -2.38. The number of nitrogens with zero attached hydrogens (tertiary/aromatic N) is 1. The second kappa shape index (κ2) is 8.95. The Hall–Kier alpha value is -3.07. The Balaban J connectivity index is 1.72. The molecule has 0 radical (unpaired) electrons. The minimum absolute atomic E-state index is 0.0641. The second-order valence-electron chi connectivity index (χ2n) is 6.60. The lowest BCUT2D eigenvalue weighted by atomic mass is 10.2. The molecule has 2 N–H and O–H groups in total. The summed E-state index contributed by atoms with van der Waals surface area (Å²) in [7, 11) is -2.00. The van der Waals surface area contributed by atoms with E-state index in [9.17, 15) is 18.0 Å². The first-order valence-corrected chi connectivity index (χ1v) is 10.8. The van der Waals surface area contributed by atoms with E-state index in [0.29, 0.717) is 30.1 Å². The monoisotopic (exact) mass is 417 g/mol. The predicted molar refractivity (Wildman–Crippen MR) is 110 cm³/mol. The van der Waals surface area contributed by atoms with Gasteiger partial charge in [0.05, 0.1) is 18.6 Å². The Bertz CT molecular complexity index is 992. The highest BCUT2D eigenvalue weighted by Crippen LogP contribution is 2.35. The molecule has 154 valence electrons. The molecule has 1 heterocycles. The Kier molecular flexibility index (Phi) is 6.38. The van der Waals surface area contributed by atoms with Gasteiger partial charge < -0.3 is 15.4 Å². The minimum atomic E-state index is -3.45. The number of hydrogen-bond acceptors (Lipinski definition) is 5. The number of hydrogen-bond donors (Lipinski definition) is 2. The zero-order valence-electron chi connectivity index (χ0n) is 16.1. The quantitative estimate of drug-likeness (QED) is 0.723. The molecule has 2 aromatic rings. The molecule has 0 aromatic heterocycles. The van der Waals surface area contributed by atoms with Gasteiger partial charge in [0, 0.05) is 18.8 Å². The number of benzene rings is 2. The van der Waals surface area contributed by atoms with Crippen LogP contribution in [0.25, 0.3) is 0 Å². The highest BCUT2D eigenvalue weighted by Gasteiger charge is 2.28. The van der Waals surface area contributed by atoms with E-state index in [4.69, 9.17) is 4.74 Å². The van der Waals surface area contributed by atoms with Crippen molar-refractivity contribution in [2.24, 2.45) is 0 Å². The molecule has 8 nitrogen and oxygen atoms in total. The molecule has 1 saturated heterocycles. The smallest absolute Gasteiger partial charge is 0.313 e. The molecule has 9 heteroatoms. The fourth-order valence-electron chi connectivity index (χ4n) is 3.07. The zero-order valence-corrected chi connectivity index (χ0v) is 16.9. The van der Waals surface area contributed by atoms with Crippen LogP contribution in [0.1, 0.15) is 18.4 Å². The molecule has 0 unspecified atom stereocenters. The number of methoxy groups -OCH3 is 1. The van der Waals surface area contributed by atoms with E-state index in [1.54, 1.807) is 12.1 Å². The number of ether oxygens (including phenoxy) is 1. The van der Waals surface area contributed by atoms with Gasteiger partial charge in [0.1, 0.15) is 5.75 Å². The van der Waals surface area contributed by atoms with E-state index in [2.05, 4.69) is 10.6 Å². The predicted octanol–water partition coefficient (Wildman–Crippen LogP) is 1.88. The number of nitrogens with one attached hydrogen (secondary N) is 2. The molecule has 2 amide bonds. The van der Waals surface area contributed by atoms with Crippen LogP contribution in [-0.4, -0.2) is 39.6 Å². The van der Waals surface area contributed by atoms with Gasteiger partial charge in [-0.25, -0.2) is 8.42 Å². The van der Waals surface area contributed by atoms with Gasteiger partial charge in [-0.1, -0.05) is 30.3 Å². The molecule has 2 aromatic carbocycles. The van der Waals surface area contributed by atoms with Crippen LogP contribution in [0.5, 0.6) is 5.75 Å². The molecule has 1 fully saturated rings. The summed E-state index contributed by atoms with van der Waals surface area (Å²) in [5.74, 6) is -1.17. The zero-order chi connectivity index (χ0) is 20.9. The molecular formula is C20H23N3O5S. The van der Waals surface area contributed by atoms with Crippen LogP contribution in [0.2, 0.25) is 0 Å². The van der Waals surface area contributed by atoms with Crippen molar-refractivity contribution in [1.82, 2.24) is 5.32 Å². The molecule has 0 spiro atoms. The molecule has 0 bridgehead atoms. The van der Waals surface area contributed by atoms with Crippen molar-refractivity contribution in [3.63, 3.8) is 0 Å². The first-order valence-electron chi connectivity index (χ1n) is 9.22. The number of carbonyl (C=O) groups is 2. The topological polar surface area (TPSA) is 105 Å². The standard InChI is InChI=1S/C20H23N3O5S/c1-28-18-10-9-16(13-17(18)23-11-5-6-12-29(23,26)27)22-20(25)19(24)21-14-15-7-3-2-4-8-15/h2-4,7-10,13H,5-6,11-12,14H2,1H3,(H,21,24)(H,22,25). The summed E-state index contributed by atoms with van der Waals surface area (Å²) in [5.41, 5.74) is 1.52. The molecule has 0 atom stereocenters. The third kappa shape index (κ3) is 5.05. The van der Waals surface area contributed by atoms with Crippen molar-refractivity contribution in [1.29, 1.82) is 0 Å². The Morgan fingerprint density at radius 2 is 1.83 bits per heavy atom. The average molecular weight is 417 g/mol. The first-order chi connectivity index (χ1) is 13.9. The van der Waals surface area contributed by atoms with E-state index in [1.807, 2.05) is 30.3 Å². The Labute approximate surface area is 169 Å². The number of rotatable bonds is 5. The average Bonchev–Trinajstić information content (AvgIpc) is 2.72. The maximum atomic E-state index is 12.4. The lowest BCUT2D eigenvalue weighted by molar-refractivity contribution is -0.136. The van der Waals surface area contributed by atoms with Gasteiger partial charge in [-0.15, -0.1) is 0 Å². The van der Waals surface area contributed by atoms with Crippen LogP contribution >= 0.6 is 0 Å². The second-order valence-corrected chi connectivity index (χ2v) is 8.62. The van der Waals surface area contributed by atoms with Gasteiger partial charge in [0.15, 0.2) is 0 Å². The number of anilines is 2. The van der Waals surface area contributed by atoms with Crippen molar-refractivity contribution in [3.05, 3.63) is 54.1 Å². The molecule has 29 heavy (non-hydrogen) atoms. The van der Waals surface area contributed by atoms with Crippen LogP contribution < -0.4 is 19.7 Å². The number of carbonyl (C=O) groups excluding carboxylic acids is 2. The Morgan fingerprint density at radius 1 is 1.07 bits per heavy atom. The van der Waals surface area contributed by atoms with Crippen molar-refractivity contribution < 1.29 is 22.7 Å². The van der Waals surface area contributed by atoms with Gasteiger partial charge in [0.25, 0.3) is 0 Å². The maximum absolute atomic E-state index is 12.4. The normalized spacial score (nSPS) is 15.4. The Morgan fingerprint density at radius 3 is 2.52 bits per heavy atom. The fraction of sp³-hybridized carbons (Fsp3) is 0.300. The summed E-state index contributed by atoms with van der Waals surface area (Å²) >= 11 is 0. The maximum Gasteiger partial charge on any atom is 0.313 e. The summed E-state index contributed by atoms with van der Waals surface area (Å²) in [5, 5.41) is 5.06. The van der Waals surface area contributed by atoms with E-state index in [1.165, 1.54) is 17.5 Å². The van der Waals surface area contributed by atoms with E-state index >= 15 is 0 Å². The summed E-state index contributed by atoms with van der Waals surface area (Å²) in [6.07, 6.45) is 1.35. The summed E-state index contributed by atoms with van der Waals surface area (Å²) in [6.45, 7) is 0.570. The van der Waals surface area contributed by atoms with Crippen LogP contribution in [0, 0.1) is 0 Å². The van der Waals surface area contributed by atoms with Crippen LogP contribution in [0.3, 0.4) is 0 Å². The van der Waals surface area contributed by atoms with E-state index in [-0.39, 0.29) is 12.3 Å². The van der Waals surface area contributed by atoms with E-state index < -0.39 is 21.8 Å². The molecule has 1 aliphatic heterocycles. The molecular weight excluding hydrogens is 394 g/mol. The molecule has 0 saturated carbocycles. The van der Waals surface area contributed by atoms with Crippen LogP contribution in [-0.2, 0) is 26.2 Å². The third-order valence-electron chi connectivity index (χ3n) is 4.56. The lowest BCUT2D eigenvalue weighted by Gasteiger charge is -2.29. The summed E-state index contributed by atoms with van der Waals surface area (Å²) in [6, 6.07) is 13.9.